The lowest BCUT2D eigenvalue weighted by molar-refractivity contribution is -0.142. The molecular formula is C19H22F2N4O3S. The SMILES string of the molecule is COC(=O)C(CCSC)NC(=O)N1CCc2[nH]cnc2C1c1cccc(F)c1F. The molecule has 10 heteroatoms. The minimum atomic E-state index is -1.03. The van der Waals surface area contributed by atoms with Gasteiger partial charge in [-0.25, -0.2) is 23.4 Å². The molecule has 0 bridgehead atoms. The van der Waals surface area contributed by atoms with Crippen LogP contribution in [0.15, 0.2) is 24.5 Å². The molecule has 0 saturated carbocycles. The van der Waals surface area contributed by atoms with Crippen molar-refractivity contribution in [1.82, 2.24) is 20.2 Å². The second-order valence-corrected chi connectivity index (χ2v) is 7.55. The lowest BCUT2D eigenvalue weighted by Crippen LogP contribution is -2.51. The molecule has 7 nitrogen and oxygen atoms in total. The van der Waals surface area contributed by atoms with Gasteiger partial charge >= 0.3 is 12.0 Å². The van der Waals surface area contributed by atoms with Gasteiger partial charge in [-0.1, -0.05) is 12.1 Å². The Bertz CT molecular complexity index is 892. The summed E-state index contributed by atoms with van der Waals surface area (Å²) in [4.78, 5) is 33.7. The number of rotatable bonds is 6. The third-order valence-electron chi connectivity index (χ3n) is 4.86. The number of imidazole rings is 1. The predicted octanol–water partition coefficient (Wildman–Crippen LogP) is 2.64. The van der Waals surface area contributed by atoms with Crippen molar-refractivity contribution in [1.29, 1.82) is 0 Å². The van der Waals surface area contributed by atoms with Crippen molar-refractivity contribution in [2.45, 2.75) is 24.9 Å². The zero-order valence-corrected chi connectivity index (χ0v) is 16.9. The molecule has 0 radical (unpaired) electrons. The van der Waals surface area contributed by atoms with Gasteiger partial charge in [0.1, 0.15) is 12.1 Å². The summed E-state index contributed by atoms with van der Waals surface area (Å²) >= 11 is 1.54. The number of hydrogen-bond acceptors (Lipinski definition) is 5. The van der Waals surface area contributed by atoms with Crippen LogP contribution in [0.25, 0.3) is 0 Å². The minimum absolute atomic E-state index is 0.00642. The molecule has 0 saturated heterocycles. The quantitative estimate of drug-likeness (QED) is 0.697. The number of nitrogens with zero attached hydrogens (tertiary/aromatic N) is 2. The largest absolute Gasteiger partial charge is 0.467 e. The van der Waals surface area contributed by atoms with Crippen LogP contribution in [0.3, 0.4) is 0 Å². The van der Waals surface area contributed by atoms with E-state index in [1.165, 1.54) is 42.2 Å². The molecule has 1 aromatic heterocycles. The fourth-order valence-corrected chi connectivity index (χ4v) is 3.87. The second kappa shape index (κ2) is 9.25. The number of ether oxygens (including phenoxy) is 1. The van der Waals surface area contributed by atoms with Gasteiger partial charge in [-0.3, -0.25) is 0 Å². The van der Waals surface area contributed by atoms with Crippen LogP contribution in [0, 0.1) is 11.6 Å². The summed E-state index contributed by atoms with van der Waals surface area (Å²) in [5.74, 6) is -1.94. The van der Waals surface area contributed by atoms with E-state index in [9.17, 15) is 18.4 Å². The number of hydrogen-bond donors (Lipinski definition) is 2. The maximum Gasteiger partial charge on any atom is 0.328 e. The van der Waals surface area contributed by atoms with Gasteiger partial charge in [0.25, 0.3) is 0 Å². The number of amides is 2. The maximum absolute atomic E-state index is 14.6. The molecule has 2 atom stereocenters. The topological polar surface area (TPSA) is 87.3 Å². The van der Waals surface area contributed by atoms with Crippen molar-refractivity contribution in [3.05, 3.63) is 53.1 Å². The zero-order valence-electron chi connectivity index (χ0n) is 16.1. The van der Waals surface area contributed by atoms with E-state index in [2.05, 4.69) is 15.3 Å². The smallest absolute Gasteiger partial charge is 0.328 e. The standard InChI is InChI=1S/C19H22F2N4O3S/c1-28-18(26)14(7-9-29-2)24-19(27)25-8-6-13-16(23-10-22-13)17(25)11-4-3-5-12(20)15(11)21/h3-5,10,14,17H,6-9H2,1-2H3,(H,22,23)(H,24,27). The number of carbonyl (C=O) groups excluding carboxylic acids is 2. The van der Waals surface area contributed by atoms with Crippen molar-refractivity contribution in [2.75, 3.05) is 25.7 Å². The molecule has 1 aliphatic heterocycles. The van der Waals surface area contributed by atoms with Crippen LogP contribution in [-0.2, 0) is 16.0 Å². The Hall–Kier alpha value is -2.62. The van der Waals surface area contributed by atoms with Crippen molar-refractivity contribution >= 4 is 23.8 Å². The first kappa shape index (κ1) is 21.1. The molecule has 1 aliphatic rings. The number of fused-ring (bicyclic) bond motifs is 1. The van der Waals surface area contributed by atoms with Crippen LogP contribution in [-0.4, -0.2) is 58.6 Å². The molecule has 0 fully saturated rings. The highest BCUT2D eigenvalue weighted by Crippen LogP contribution is 2.35. The number of urea groups is 1. The number of esters is 1. The van der Waals surface area contributed by atoms with E-state index >= 15 is 0 Å². The van der Waals surface area contributed by atoms with E-state index < -0.39 is 35.7 Å². The van der Waals surface area contributed by atoms with Crippen LogP contribution < -0.4 is 5.32 Å². The van der Waals surface area contributed by atoms with E-state index in [0.29, 0.717) is 24.3 Å². The number of nitrogens with one attached hydrogen (secondary N) is 2. The van der Waals surface area contributed by atoms with Crippen LogP contribution in [0.5, 0.6) is 0 Å². The highest BCUT2D eigenvalue weighted by atomic mass is 32.2. The maximum atomic E-state index is 14.6. The number of thioether (sulfide) groups is 1. The monoisotopic (exact) mass is 424 g/mol. The first-order valence-electron chi connectivity index (χ1n) is 9.07. The lowest BCUT2D eigenvalue weighted by atomic mass is 9.95. The molecule has 2 aromatic rings. The third kappa shape index (κ3) is 4.36. The number of methoxy groups -OCH3 is 1. The summed E-state index contributed by atoms with van der Waals surface area (Å²) in [6.07, 6.45) is 4.22. The molecule has 156 valence electrons. The van der Waals surface area contributed by atoms with Gasteiger partial charge in [0.2, 0.25) is 0 Å². The highest BCUT2D eigenvalue weighted by molar-refractivity contribution is 7.98. The Kier molecular flexibility index (Phi) is 6.73. The molecule has 3 rings (SSSR count). The average Bonchev–Trinajstić information content (AvgIpc) is 3.20. The first-order valence-corrected chi connectivity index (χ1v) is 10.5. The highest BCUT2D eigenvalue weighted by Gasteiger charge is 2.37. The average molecular weight is 424 g/mol. The van der Waals surface area contributed by atoms with E-state index in [1.54, 1.807) is 0 Å². The number of aromatic nitrogens is 2. The van der Waals surface area contributed by atoms with Crippen LogP contribution in [0.4, 0.5) is 13.6 Å². The fourth-order valence-electron chi connectivity index (χ4n) is 3.40. The van der Waals surface area contributed by atoms with Gasteiger partial charge in [0.15, 0.2) is 11.6 Å². The molecule has 0 aliphatic carbocycles. The Morgan fingerprint density at radius 2 is 2.24 bits per heavy atom. The Labute approximate surface area is 171 Å². The number of aromatic amines is 1. The van der Waals surface area contributed by atoms with Crippen molar-refractivity contribution in [3.63, 3.8) is 0 Å². The summed E-state index contributed by atoms with van der Waals surface area (Å²) in [5.41, 5.74) is 1.22. The fraction of sp³-hybridized carbons (Fsp3) is 0.421. The Balaban J connectivity index is 1.93. The van der Waals surface area contributed by atoms with E-state index in [0.717, 1.165) is 11.8 Å². The van der Waals surface area contributed by atoms with Gasteiger partial charge in [0, 0.05) is 24.2 Å². The summed E-state index contributed by atoms with van der Waals surface area (Å²) < 4.78 is 33.2. The van der Waals surface area contributed by atoms with Gasteiger partial charge in [-0.2, -0.15) is 11.8 Å². The van der Waals surface area contributed by atoms with Crippen LogP contribution in [0.1, 0.15) is 29.4 Å². The van der Waals surface area contributed by atoms with Gasteiger partial charge in [-0.05, 0) is 24.5 Å². The molecule has 29 heavy (non-hydrogen) atoms. The first-order chi connectivity index (χ1) is 14.0. The van der Waals surface area contributed by atoms with Gasteiger partial charge < -0.3 is 19.9 Å². The number of halogens is 2. The lowest BCUT2D eigenvalue weighted by Gasteiger charge is -2.36. The van der Waals surface area contributed by atoms with Gasteiger partial charge in [0.05, 0.1) is 19.1 Å². The van der Waals surface area contributed by atoms with Crippen LogP contribution >= 0.6 is 11.8 Å². The summed E-state index contributed by atoms with van der Waals surface area (Å²) in [6, 6.07) is 1.52. The molecule has 0 spiro atoms. The van der Waals surface area contributed by atoms with Crippen molar-refractivity contribution in [3.8, 4) is 0 Å². The normalized spacial score (nSPS) is 16.8. The zero-order chi connectivity index (χ0) is 21.0. The molecule has 2 N–H and O–H groups in total. The second-order valence-electron chi connectivity index (χ2n) is 6.56. The number of carbonyl (C=O) groups is 2. The van der Waals surface area contributed by atoms with E-state index in [-0.39, 0.29) is 12.1 Å². The number of benzene rings is 1. The predicted molar refractivity (Wildman–Crippen MR) is 105 cm³/mol. The Morgan fingerprint density at radius 3 is 2.97 bits per heavy atom. The molecular weight excluding hydrogens is 402 g/mol. The molecule has 2 amide bonds. The molecule has 1 aromatic carbocycles. The molecule has 2 heterocycles. The van der Waals surface area contributed by atoms with Gasteiger partial charge in [-0.15, -0.1) is 0 Å². The van der Waals surface area contributed by atoms with Crippen molar-refractivity contribution in [2.24, 2.45) is 0 Å². The number of H-pyrrole nitrogens is 1. The van der Waals surface area contributed by atoms with Crippen molar-refractivity contribution < 1.29 is 23.1 Å². The summed E-state index contributed by atoms with van der Waals surface area (Å²) in [5, 5.41) is 2.67. The third-order valence-corrected chi connectivity index (χ3v) is 5.50. The Morgan fingerprint density at radius 1 is 1.45 bits per heavy atom. The van der Waals surface area contributed by atoms with E-state index in [1.807, 2.05) is 6.26 Å². The van der Waals surface area contributed by atoms with Crippen LogP contribution in [0.2, 0.25) is 0 Å². The minimum Gasteiger partial charge on any atom is -0.467 e. The van der Waals surface area contributed by atoms with E-state index in [4.69, 9.17) is 4.74 Å². The molecule has 2 unspecified atom stereocenters. The summed E-state index contributed by atoms with van der Waals surface area (Å²) in [7, 11) is 1.25. The summed E-state index contributed by atoms with van der Waals surface area (Å²) in [6.45, 7) is 0.248.